The van der Waals surface area contributed by atoms with Crippen molar-refractivity contribution in [3.8, 4) is 5.75 Å². The standard InChI is InChI=1S/C18H19F2NO3/c1-12-4-2-5-13(8-12)9-17(23)21-11-16(22)14-6-3-7-15(10-14)24-18(19)20/h2-8,10,16,18,22H,9,11H2,1H3,(H,21,23). The van der Waals surface area contributed by atoms with Crippen LogP contribution in [-0.2, 0) is 11.2 Å². The highest BCUT2D eigenvalue weighted by molar-refractivity contribution is 5.78. The van der Waals surface area contributed by atoms with Gasteiger partial charge in [0.25, 0.3) is 0 Å². The van der Waals surface area contributed by atoms with Crippen LogP contribution in [0.25, 0.3) is 0 Å². The predicted molar refractivity (Wildman–Crippen MR) is 85.9 cm³/mol. The van der Waals surface area contributed by atoms with E-state index in [1.54, 1.807) is 6.07 Å². The number of hydrogen-bond acceptors (Lipinski definition) is 3. The van der Waals surface area contributed by atoms with Crippen LogP contribution < -0.4 is 10.1 Å². The smallest absolute Gasteiger partial charge is 0.387 e. The van der Waals surface area contributed by atoms with Crippen LogP contribution in [0.1, 0.15) is 22.8 Å². The van der Waals surface area contributed by atoms with Crippen molar-refractivity contribution >= 4 is 5.91 Å². The van der Waals surface area contributed by atoms with Crippen molar-refractivity contribution in [2.75, 3.05) is 6.54 Å². The molecular weight excluding hydrogens is 316 g/mol. The number of hydrogen-bond donors (Lipinski definition) is 2. The predicted octanol–water partition coefficient (Wildman–Crippen LogP) is 2.99. The number of amides is 1. The number of aliphatic hydroxyl groups is 1. The lowest BCUT2D eigenvalue weighted by Gasteiger charge is -2.14. The third-order valence-electron chi connectivity index (χ3n) is 3.41. The molecule has 6 heteroatoms. The van der Waals surface area contributed by atoms with Gasteiger partial charge in [0, 0.05) is 6.54 Å². The maximum absolute atomic E-state index is 12.2. The van der Waals surface area contributed by atoms with Gasteiger partial charge in [-0.3, -0.25) is 4.79 Å². The molecule has 0 aromatic heterocycles. The highest BCUT2D eigenvalue weighted by atomic mass is 19.3. The minimum atomic E-state index is -2.92. The molecule has 0 heterocycles. The molecule has 0 aliphatic carbocycles. The molecule has 0 aliphatic heterocycles. The van der Waals surface area contributed by atoms with Crippen molar-refractivity contribution in [1.29, 1.82) is 0 Å². The average molecular weight is 335 g/mol. The van der Waals surface area contributed by atoms with E-state index in [4.69, 9.17) is 0 Å². The third-order valence-corrected chi connectivity index (χ3v) is 3.41. The monoisotopic (exact) mass is 335 g/mol. The Kier molecular flexibility index (Phi) is 6.26. The van der Waals surface area contributed by atoms with Crippen molar-refractivity contribution in [1.82, 2.24) is 5.32 Å². The van der Waals surface area contributed by atoms with E-state index in [9.17, 15) is 18.7 Å². The molecule has 0 saturated carbocycles. The molecule has 24 heavy (non-hydrogen) atoms. The van der Waals surface area contributed by atoms with Gasteiger partial charge in [-0.25, -0.2) is 0 Å². The molecule has 1 atom stereocenters. The van der Waals surface area contributed by atoms with Gasteiger partial charge in [-0.1, -0.05) is 42.0 Å². The van der Waals surface area contributed by atoms with E-state index in [1.165, 1.54) is 18.2 Å². The van der Waals surface area contributed by atoms with E-state index >= 15 is 0 Å². The van der Waals surface area contributed by atoms with Gasteiger partial charge in [0.15, 0.2) is 0 Å². The van der Waals surface area contributed by atoms with Gasteiger partial charge >= 0.3 is 6.61 Å². The fraction of sp³-hybridized carbons (Fsp3) is 0.278. The zero-order valence-corrected chi connectivity index (χ0v) is 13.2. The van der Waals surface area contributed by atoms with Crippen molar-refractivity contribution in [2.45, 2.75) is 26.1 Å². The summed E-state index contributed by atoms with van der Waals surface area (Å²) in [5.41, 5.74) is 2.34. The summed E-state index contributed by atoms with van der Waals surface area (Å²) in [6.07, 6.45) is -0.796. The molecular formula is C18H19F2NO3. The van der Waals surface area contributed by atoms with Gasteiger partial charge < -0.3 is 15.2 Å². The quantitative estimate of drug-likeness (QED) is 0.818. The van der Waals surface area contributed by atoms with E-state index in [0.717, 1.165) is 11.1 Å². The van der Waals surface area contributed by atoms with E-state index in [2.05, 4.69) is 10.1 Å². The Balaban J connectivity index is 1.88. The number of halogens is 2. The van der Waals surface area contributed by atoms with Crippen molar-refractivity contribution in [2.24, 2.45) is 0 Å². The molecule has 0 fully saturated rings. The van der Waals surface area contributed by atoms with Crippen LogP contribution in [-0.4, -0.2) is 24.2 Å². The van der Waals surface area contributed by atoms with E-state index in [-0.39, 0.29) is 24.6 Å². The molecule has 2 aromatic carbocycles. The second-order valence-corrected chi connectivity index (χ2v) is 5.44. The lowest BCUT2D eigenvalue weighted by Crippen LogP contribution is -2.29. The molecule has 0 aliphatic rings. The Morgan fingerprint density at radius 3 is 2.67 bits per heavy atom. The number of aryl methyl sites for hydroxylation is 1. The number of carbonyl (C=O) groups excluding carboxylic acids is 1. The molecule has 128 valence electrons. The highest BCUT2D eigenvalue weighted by Gasteiger charge is 2.12. The fourth-order valence-corrected chi connectivity index (χ4v) is 2.30. The van der Waals surface area contributed by atoms with Gasteiger partial charge in [-0.2, -0.15) is 8.78 Å². The maximum Gasteiger partial charge on any atom is 0.387 e. The minimum Gasteiger partial charge on any atom is -0.435 e. The SMILES string of the molecule is Cc1cccc(CC(=O)NCC(O)c2cccc(OC(F)F)c2)c1. The van der Waals surface area contributed by atoms with Gasteiger partial charge in [0.05, 0.1) is 12.5 Å². The summed E-state index contributed by atoms with van der Waals surface area (Å²) >= 11 is 0. The zero-order chi connectivity index (χ0) is 17.5. The molecule has 2 aromatic rings. The molecule has 2 rings (SSSR count). The van der Waals surface area contributed by atoms with E-state index in [0.29, 0.717) is 5.56 Å². The number of aliphatic hydroxyl groups excluding tert-OH is 1. The van der Waals surface area contributed by atoms with E-state index < -0.39 is 12.7 Å². The Morgan fingerprint density at radius 2 is 1.96 bits per heavy atom. The normalized spacial score (nSPS) is 12.0. The highest BCUT2D eigenvalue weighted by Crippen LogP contribution is 2.20. The summed E-state index contributed by atoms with van der Waals surface area (Å²) in [4.78, 5) is 11.9. The van der Waals surface area contributed by atoms with Gasteiger partial charge in [-0.05, 0) is 30.2 Å². The van der Waals surface area contributed by atoms with Gasteiger partial charge in [0.1, 0.15) is 5.75 Å². The second-order valence-electron chi connectivity index (χ2n) is 5.44. The number of rotatable bonds is 7. The number of carbonyl (C=O) groups is 1. The first-order chi connectivity index (χ1) is 11.4. The number of alkyl halides is 2. The summed E-state index contributed by atoms with van der Waals surface area (Å²) < 4.78 is 28.7. The lowest BCUT2D eigenvalue weighted by atomic mass is 10.1. The van der Waals surface area contributed by atoms with Gasteiger partial charge in [0.2, 0.25) is 5.91 Å². The van der Waals surface area contributed by atoms with Crippen molar-refractivity contribution < 1.29 is 23.4 Å². The second kappa shape index (κ2) is 8.40. The van der Waals surface area contributed by atoms with Crippen molar-refractivity contribution in [3.63, 3.8) is 0 Å². The summed E-state index contributed by atoms with van der Waals surface area (Å²) in [5.74, 6) is -0.257. The summed E-state index contributed by atoms with van der Waals surface area (Å²) in [5, 5.41) is 12.7. The maximum atomic E-state index is 12.2. The third kappa shape index (κ3) is 5.62. The molecule has 2 N–H and O–H groups in total. The molecule has 0 bridgehead atoms. The van der Waals surface area contributed by atoms with Crippen molar-refractivity contribution in [3.05, 3.63) is 65.2 Å². The Bertz CT molecular complexity index is 691. The van der Waals surface area contributed by atoms with Crippen LogP contribution in [0.15, 0.2) is 48.5 Å². The largest absolute Gasteiger partial charge is 0.435 e. The number of nitrogens with one attached hydrogen (secondary N) is 1. The first-order valence-corrected chi connectivity index (χ1v) is 7.49. The minimum absolute atomic E-state index is 0.0111. The van der Waals surface area contributed by atoms with Crippen LogP contribution in [0.2, 0.25) is 0 Å². The van der Waals surface area contributed by atoms with Crippen LogP contribution in [0.4, 0.5) is 8.78 Å². The number of ether oxygens (including phenoxy) is 1. The van der Waals surface area contributed by atoms with Crippen LogP contribution in [0.5, 0.6) is 5.75 Å². The average Bonchev–Trinajstić information content (AvgIpc) is 2.52. The van der Waals surface area contributed by atoms with E-state index in [1.807, 2.05) is 31.2 Å². The topological polar surface area (TPSA) is 58.6 Å². The van der Waals surface area contributed by atoms with Gasteiger partial charge in [-0.15, -0.1) is 0 Å². The fourth-order valence-electron chi connectivity index (χ4n) is 2.30. The van der Waals surface area contributed by atoms with Crippen LogP contribution >= 0.6 is 0 Å². The molecule has 1 unspecified atom stereocenters. The first kappa shape index (κ1) is 17.9. The molecule has 4 nitrogen and oxygen atoms in total. The molecule has 0 radical (unpaired) electrons. The summed E-state index contributed by atoms with van der Waals surface area (Å²) in [7, 11) is 0. The lowest BCUT2D eigenvalue weighted by molar-refractivity contribution is -0.120. The Morgan fingerprint density at radius 1 is 1.21 bits per heavy atom. The molecule has 0 spiro atoms. The summed E-state index contributed by atoms with van der Waals surface area (Å²) in [6, 6.07) is 13.4. The number of benzene rings is 2. The first-order valence-electron chi connectivity index (χ1n) is 7.49. The Labute approximate surface area is 139 Å². The van der Waals surface area contributed by atoms with Crippen LogP contribution in [0.3, 0.4) is 0 Å². The molecule has 0 saturated heterocycles. The zero-order valence-electron chi connectivity index (χ0n) is 13.2. The van der Waals surface area contributed by atoms with Crippen LogP contribution in [0, 0.1) is 6.92 Å². The summed E-state index contributed by atoms with van der Waals surface area (Å²) in [6.45, 7) is -0.992. The molecule has 1 amide bonds. The Hall–Kier alpha value is -2.47.